The molecule has 2 aromatic carbocycles. The number of hydrogen-bond acceptors (Lipinski definition) is 6. The van der Waals surface area contributed by atoms with Gasteiger partial charge in [-0.2, -0.15) is 4.31 Å². The molecule has 4 rings (SSSR count). The average Bonchev–Trinajstić information content (AvgIpc) is 3.19. The van der Waals surface area contributed by atoms with Crippen LogP contribution < -0.4 is 0 Å². The molecule has 1 fully saturated rings. The van der Waals surface area contributed by atoms with E-state index in [-0.39, 0.29) is 40.6 Å². The lowest BCUT2D eigenvalue weighted by molar-refractivity contribution is 0.0730. The van der Waals surface area contributed by atoms with Crippen molar-refractivity contribution in [3.05, 3.63) is 53.3 Å². The molecule has 1 saturated heterocycles. The Morgan fingerprint density at radius 3 is 2.25 bits per heavy atom. The lowest BCUT2D eigenvalue weighted by atomic mass is 10.2. The van der Waals surface area contributed by atoms with Crippen molar-refractivity contribution in [2.75, 3.05) is 26.3 Å². The predicted octanol–water partition coefficient (Wildman–Crippen LogP) is 3.22. The standard InChI is InChI=1S/C18H15ClFN3O4S/c19-15-6-3-13(11-16(15)28(24,25)23-7-9-26-10-8-23)18-22-21-17(27-18)12-1-4-14(20)5-2-12/h1-6,11H,7-10H2. The van der Waals surface area contributed by atoms with Gasteiger partial charge in [-0.05, 0) is 42.5 Å². The van der Waals surface area contributed by atoms with Gasteiger partial charge in [-0.25, -0.2) is 12.8 Å². The summed E-state index contributed by atoms with van der Waals surface area (Å²) in [7, 11) is -3.78. The molecule has 3 aromatic rings. The largest absolute Gasteiger partial charge is 0.416 e. The maximum atomic E-state index is 13.1. The summed E-state index contributed by atoms with van der Waals surface area (Å²) in [6.45, 7) is 1.19. The molecule has 0 aliphatic carbocycles. The van der Waals surface area contributed by atoms with Gasteiger partial charge in [0, 0.05) is 24.2 Å². The minimum Gasteiger partial charge on any atom is -0.416 e. The Bertz CT molecular complexity index is 1100. The molecule has 2 heterocycles. The van der Waals surface area contributed by atoms with E-state index in [0.717, 1.165) is 0 Å². The third kappa shape index (κ3) is 3.66. The van der Waals surface area contributed by atoms with Crippen molar-refractivity contribution in [1.82, 2.24) is 14.5 Å². The van der Waals surface area contributed by atoms with Crippen molar-refractivity contribution < 1.29 is 22.0 Å². The van der Waals surface area contributed by atoms with Gasteiger partial charge in [0.05, 0.1) is 18.2 Å². The second kappa shape index (κ2) is 7.59. The van der Waals surface area contributed by atoms with Crippen molar-refractivity contribution in [1.29, 1.82) is 0 Å². The van der Waals surface area contributed by atoms with Crippen LogP contribution in [0.15, 0.2) is 51.8 Å². The van der Waals surface area contributed by atoms with E-state index in [2.05, 4.69) is 10.2 Å². The second-order valence-corrected chi connectivity index (χ2v) is 8.39. The lowest BCUT2D eigenvalue weighted by Crippen LogP contribution is -2.40. The van der Waals surface area contributed by atoms with Crippen LogP contribution in [0.2, 0.25) is 5.02 Å². The minimum absolute atomic E-state index is 0.0323. The summed E-state index contributed by atoms with van der Waals surface area (Å²) in [6.07, 6.45) is 0. The molecular formula is C18H15ClFN3O4S. The smallest absolute Gasteiger partial charge is 0.248 e. The number of ether oxygens (including phenoxy) is 1. The number of morpholine rings is 1. The molecule has 1 aliphatic heterocycles. The third-order valence-electron chi connectivity index (χ3n) is 4.28. The fourth-order valence-electron chi connectivity index (χ4n) is 2.81. The highest BCUT2D eigenvalue weighted by molar-refractivity contribution is 7.89. The summed E-state index contributed by atoms with van der Waals surface area (Å²) in [5, 5.41) is 8.02. The van der Waals surface area contributed by atoms with Crippen LogP contribution in [-0.4, -0.2) is 49.2 Å². The topological polar surface area (TPSA) is 85.5 Å². The van der Waals surface area contributed by atoms with Crippen LogP contribution >= 0.6 is 11.6 Å². The summed E-state index contributed by atoms with van der Waals surface area (Å²) in [5.41, 5.74) is 0.965. The van der Waals surface area contributed by atoms with E-state index in [0.29, 0.717) is 24.3 Å². The van der Waals surface area contributed by atoms with E-state index in [1.54, 1.807) is 6.07 Å². The first kappa shape index (κ1) is 19.0. The number of sulfonamides is 1. The Labute approximate surface area is 165 Å². The maximum absolute atomic E-state index is 13.1. The van der Waals surface area contributed by atoms with Crippen LogP contribution in [0.25, 0.3) is 22.9 Å². The molecule has 0 saturated carbocycles. The van der Waals surface area contributed by atoms with Gasteiger partial charge >= 0.3 is 0 Å². The highest BCUT2D eigenvalue weighted by Gasteiger charge is 2.29. The van der Waals surface area contributed by atoms with Gasteiger partial charge in [-0.1, -0.05) is 11.6 Å². The Morgan fingerprint density at radius 1 is 0.964 bits per heavy atom. The third-order valence-corrected chi connectivity index (χ3v) is 6.66. The monoisotopic (exact) mass is 423 g/mol. The van der Waals surface area contributed by atoms with Gasteiger partial charge in [0.1, 0.15) is 10.7 Å². The van der Waals surface area contributed by atoms with Gasteiger partial charge in [0.15, 0.2) is 0 Å². The first-order valence-electron chi connectivity index (χ1n) is 8.42. The number of hydrogen-bond donors (Lipinski definition) is 0. The molecule has 0 unspecified atom stereocenters. The molecule has 7 nitrogen and oxygen atoms in total. The molecule has 0 radical (unpaired) electrons. The zero-order valence-electron chi connectivity index (χ0n) is 14.5. The van der Waals surface area contributed by atoms with E-state index in [4.69, 9.17) is 20.8 Å². The number of benzene rings is 2. The molecular weight excluding hydrogens is 409 g/mol. The van der Waals surface area contributed by atoms with Crippen LogP contribution in [0.5, 0.6) is 0 Å². The average molecular weight is 424 g/mol. The fraction of sp³-hybridized carbons (Fsp3) is 0.222. The number of rotatable bonds is 4. The van der Waals surface area contributed by atoms with E-state index in [1.807, 2.05) is 0 Å². The van der Waals surface area contributed by atoms with Gasteiger partial charge in [-0.3, -0.25) is 0 Å². The summed E-state index contributed by atoms with van der Waals surface area (Å²) in [5.74, 6) is -0.0453. The molecule has 0 amide bonds. The Morgan fingerprint density at radius 2 is 1.57 bits per heavy atom. The van der Waals surface area contributed by atoms with Gasteiger partial charge in [-0.15, -0.1) is 10.2 Å². The molecule has 10 heteroatoms. The van der Waals surface area contributed by atoms with Gasteiger partial charge in [0.2, 0.25) is 21.8 Å². The van der Waals surface area contributed by atoms with Crippen molar-refractivity contribution in [2.24, 2.45) is 0 Å². The Hall–Kier alpha value is -2.33. The highest BCUT2D eigenvalue weighted by atomic mass is 35.5. The van der Waals surface area contributed by atoms with Crippen molar-refractivity contribution in [3.63, 3.8) is 0 Å². The van der Waals surface area contributed by atoms with E-state index in [1.165, 1.54) is 40.7 Å². The molecule has 1 aromatic heterocycles. The number of halogens is 2. The van der Waals surface area contributed by atoms with Crippen LogP contribution in [0, 0.1) is 5.82 Å². The summed E-state index contributed by atoms with van der Waals surface area (Å²) in [4.78, 5) is -0.0323. The molecule has 146 valence electrons. The van der Waals surface area contributed by atoms with Crippen molar-refractivity contribution >= 4 is 21.6 Å². The van der Waals surface area contributed by atoms with Crippen LogP contribution in [0.3, 0.4) is 0 Å². The Balaban J connectivity index is 1.68. The Kier molecular flexibility index (Phi) is 5.15. The SMILES string of the molecule is O=S(=O)(c1cc(-c2nnc(-c3ccc(F)cc3)o2)ccc1Cl)N1CCOCC1. The number of aromatic nitrogens is 2. The summed E-state index contributed by atoms with van der Waals surface area (Å²) < 4.78 is 51.1. The summed E-state index contributed by atoms with van der Waals surface area (Å²) in [6, 6.07) is 10.1. The van der Waals surface area contributed by atoms with Crippen molar-refractivity contribution in [3.8, 4) is 22.9 Å². The lowest BCUT2D eigenvalue weighted by Gasteiger charge is -2.26. The zero-order valence-corrected chi connectivity index (χ0v) is 16.1. The highest BCUT2D eigenvalue weighted by Crippen LogP contribution is 2.31. The molecule has 28 heavy (non-hydrogen) atoms. The molecule has 0 N–H and O–H groups in total. The fourth-order valence-corrected chi connectivity index (χ4v) is 4.72. The number of nitrogens with zero attached hydrogens (tertiary/aromatic N) is 3. The van der Waals surface area contributed by atoms with Crippen LogP contribution in [0.1, 0.15) is 0 Å². The second-order valence-electron chi connectivity index (χ2n) is 6.08. The first-order chi connectivity index (χ1) is 13.4. The maximum Gasteiger partial charge on any atom is 0.248 e. The first-order valence-corrected chi connectivity index (χ1v) is 10.2. The molecule has 0 bridgehead atoms. The zero-order chi connectivity index (χ0) is 19.7. The van der Waals surface area contributed by atoms with Crippen LogP contribution in [0.4, 0.5) is 4.39 Å². The quantitative estimate of drug-likeness (QED) is 0.640. The van der Waals surface area contributed by atoms with Gasteiger partial charge < -0.3 is 9.15 Å². The normalized spacial score (nSPS) is 15.6. The van der Waals surface area contributed by atoms with Crippen molar-refractivity contribution in [2.45, 2.75) is 4.90 Å². The molecule has 0 atom stereocenters. The van der Waals surface area contributed by atoms with Gasteiger partial charge in [0.25, 0.3) is 0 Å². The van der Waals surface area contributed by atoms with Crippen LogP contribution in [-0.2, 0) is 14.8 Å². The van der Waals surface area contributed by atoms with E-state index < -0.39 is 10.0 Å². The predicted molar refractivity (Wildman–Crippen MR) is 99.7 cm³/mol. The molecule has 1 aliphatic rings. The van der Waals surface area contributed by atoms with E-state index in [9.17, 15) is 12.8 Å². The molecule has 0 spiro atoms. The minimum atomic E-state index is -3.78. The summed E-state index contributed by atoms with van der Waals surface area (Å²) >= 11 is 6.16. The van der Waals surface area contributed by atoms with E-state index >= 15 is 0 Å².